The van der Waals surface area contributed by atoms with Gasteiger partial charge < -0.3 is 19.6 Å². The maximum absolute atomic E-state index is 12.6. The third kappa shape index (κ3) is 3.30. The van der Waals surface area contributed by atoms with Gasteiger partial charge in [0.15, 0.2) is 11.5 Å². The van der Waals surface area contributed by atoms with Crippen molar-refractivity contribution in [1.82, 2.24) is 19.9 Å². The van der Waals surface area contributed by atoms with Gasteiger partial charge in [-0.05, 0) is 31.2 Å². The summed E-state index contributed by atoms with van der Waals surface area (Å²) < 4.78 is 11.7. The van der Waals surface area contributed by atoms with E-state index < -0.39 is 11.8 Å². The lowest BCUT2D eigenvalue weighted by Gasteiger charge is -2.01. The number of fused-ring (bicyclic) bond motifs is 1. The quantitative estimate of drug-likeness (QED) is 0.561. The van der Waals surface area contributed by atoms with Crippen LogP contribution >= 0.6 is 0 Å². The van der Waals surface area contributed by atoms with Gasteiger partial charge in [0.2, 0.25) is 5.82 Å². The minimum Gasteiger partial charge on any atom is -0.467 e. The standard InChI is InChI=1S/C18H15N5O4/c1-11-9-14(22-27-11)20-18(25)16-21-15(13-6-2-3-7-23(13)16)17(24)19-10-12-5-4-8-26-12/h2-9H,10H2,1H3,(H,19,24)(H,20,22,25). The van der Waals surface area contributed by atoms with E-state index in [1.54, 1.807) is 53.9 Å². The summed E-state index contributed by atoms with van der Waals surface area (Å²) in [6.07, 6.45) is 3.19. The molecule has 27 heavy (non-hydrogen) atoms. The van der Waals surface area contributed by atoms with Crippen LogP contribution in [0.4, 0.5) is 5.82 Å². The van der Waals surface area contributed by atoms with Gasteiger partial charge in [0, 0.05) is 12.3 Å². The molecule has 4 aromatic rings. The number of carbonyl (C=O) groups excluding carboxylic acids is 2. The van der Waals surface area contributed by atoms with Gasteiger partial charge in [0.05, 0.1) is 18.3 Å². The Balaban J connectivity index is 1.62. The molecule has 0 aromatic carbocycles. The molecule has 0 spiro atoms. The van der Waals surface area contributed by atoms with E-state index in [4.69, 9.17) is 8.94 Å². The third-order valence-corrected chi connectivity index (χ3v) is 3.84. The molecule has 4 rings (SSSR count). The van der Waals surface area contributed by atoms with Crippen molar-refractivity contribution in [2.75, 3.05) is 5.32 Å². The molecule has 0 aliphatic heterocycles. The average molecular weight is 365 g/mol. The van der Waals surface area contributed by atoms with Crippen LogP contribution < -0.4 is 10.6 Å². The fourth-order valence-electron chi connectivity index (χ4n) is 2.63. The van der Waals surface area contributed by atoms with Crippen molar-refractivity contribution in [3.8, 4) is 0 Å². The zero-order valence-corrected chi connectivity index (χ0v) is 14.3. The van der Waals surface area contributed by atoms with Gasteiger partial charge in [-0.15, -0.1) is 0 Å². The summed E-state index contributed by atoms with van der Waals surface area (Å²) >= 11 is 0. The number of hydrogen-bond donors (Lipinski definition) is 2. The van der Waals surface area contributed by atoms with Crippen LogP contribution in [0.3, 0.4) is 0 Å². The maximum atomic E-state index is 12.6. The fraction of sp³-hybridized carbons (Fsp3) is 0.111. The topological polar surface area (TPSA) is 115 Å². The normalized spacial score (nSPS) is 10.9. The van der Waals surface area contributed by atoms with E-state index in [9.17, 15) is 9.59 Å². The number of hydrogen-bond acceptors (Lipinski definition) is 6. The molecule has 9 nitrogen and oxygen atoms in total. The molecule has 0 fully saturated rings. The first-order valence-electron chi connectivity index (χ1n) is 8.14. The Morgan fingerprint density at radius 3 is 2.81 bits per heavy atom. The Hall–Kier alpha value is -3.88. The van der Waals surface area contributed by atoms with Crippen LogP contribution in [0.5, 0.6) is 0 Å². The number of nitrogens with one attached hydrogen (secondary N) is 2. The predicted octanol–water partition coefficient (Wildman–Crippen LogP) is 2.41. The van der Waals surface area contributed by atoms with Crippen LogP contribution in [0.25, 0.3) is 5.52 Å². The SMILES string of the molecule is Cc1cc(NC(=O)c2nc(C(=O)NCc3ccco3)c3ccccn23)no1. The van der Waals surface area contributed by atoms with Crippen molar-refractivity contribution in [1.29, 1.82) is 0 Å². The summed E-state index contributed by atoms with van der Waals surface area (Å²) in [5.41, 5.74) is 0.652. The van der Waals surface area contributed by atoms with Crippen LogP contribution in [-0.4, -0.2) is 26.4 Å². The molecular weight excluding hydrogens is 350 g/mol. The number of furan rings is 1. The Morgan fingerprint density at radius 2 is 2.07 bits per heavy atom. The van der Waals surface area contributed by atoms with E-state index in [2.05, 4.69) is 20.8 Å². The lowest BCUT2D eigenvalue weighted by molar-refractivity contribution is 0.0945. The summed E-state index contributed by atoms with van der Waals surface area (Å²) in [4.78, 5) is 29.4. The highest BCUT2D eigenvalue weighted by Crippen LogP contribution is 2.15. The molecule has 136 valence electrons. The van der Waals surface area contributed by atoms with Crippen molar-refractivity contribution in [2.24, 2.45) is 0 Å². The van der Waals surface area contributed by atoms with Gasteiger partial charge in [-0.1, -0.05) is 11.2 Å². The molecule has 4 aromatic heterocycles. The molecule has 0 bridgehead atoms. The minimum atomic E-state index is -0.505. The zero-order valence-electron chi connectivity index (χ0n) is 14.3. The highest BCUT2D eigenvalue weighted by Gasteiger charge is 2.22. The molecule has 2 N–H and O–H groups in total. The van der Waals surface area contributed by atoms with E-state index in [0.29, 0.717) is 17.0 Å². The first-order chi connectivity index (χ1) is 13.1. The second-order valence-electron chi connectivity index (χ2n) is 5.78. The lowest BCUT2D eigenvalue weighted by Crippen LogP contribution is -2.23. The Kier molecular flexibility index (Phi) is 4.17. The molecule has 0 saturated heterocycles. The molecule has 2 amide bonds. The Morgan fingerprint density at radius 1 is 1.19 bits per heavy atom. The zero-order chi connectivity index (χ0) is 18.8. The summed E-state index contributed by atoms with van der Waals surface area (Å²) in [7, 11) is 0. The molecule has 0 atom stereocenters. The van der Waals surface area contributed by atoms with Crippen molar-refractivity contribution in [2.45, 2.75) is 13.5 Å². The maximum Gasteiger partial charge on any atom is 0.293 e. The van der Waals surface area contributed by atoms with Crippen LogP contribution in [0.15, 0.2) is 57.8 Å². The van der Waals surface area contributed by atoms with Crippen LogP contribution in [0.1, 0.15) is 32.6 Å². The predicted molar refractivity (Wildman–Crippen MR) is 94.3 cm³/mol. The van der Waals surface area contributed by atoms with E-state index in [-0.39, 0.29) is 23.9 Å². The third-order valence-electron chi connectivity index (χ3n) is 3.84. The fourth-order valence-corrected chi connectivity index (χ4v) is 2.63. The van der Waals surface area contributed by atoms with E-state index in [1.165, 1.54) is 6.26 Å². The molecule has 0 radical (unpaired) electrons. The largest absolute Gasteiger partial charge is 0.467 e. The number of imidazole rings is 1. The summed E-state index contributed by atoms with van der Waals surface area (Å²) in [6, 6.07) is 10.3. The van der Waals surface area contributed by atoms with Crippen molar-refractivity contribution < 1.29 is 18.5 Å². The molecule has 0 saturated carbocycles. The first kappa shape index (κ1) is 16.6. The highest BCUT2D eigenvalue weighted by molar-refractivity contribution is 6.05. The number of aromatic nitrogens is 3. The van der Waals surface area contributed by atoms with Crippen molar-refractivity contribution in [3.05, 3.63) is 71.9 Å². The van der Waals surface area contributed by atoms with Crippen LogP contribution in [0, 0.1) is 6.92 Å². The second-order valence-corrected chi connectivity index (χ2v) is 5.78. The monoisotopic (exact) mass is 365 g/mol. The van der Waals surface area contributed by atoms with Crippen LogP contribution in [0.2, 0.25) is 0 Å². The number of anilines is 1. The number of carbonyl (C=O) groups is 2. The summed E-state index contributed by atoms with van der Waals surface area (Å²) in [5, 5.41) is 9.06. The minimum absolute atomic E-state index is 0.0643. The Bertz CT molecular complexity index is 1110. The number of pyridine rings is 1. The van der Waals surface area contributed by atoms with Gasteiger partial charge in [-0.25, -0.2) is 4.98 Å². The summed E-state index contributed by atoms with van der Waals surface area (Å²) in [6.45, 7) is 1.94. The van der Waals surface area contributed by atoms with E-state index in [0.717, 1.165) is 0 Å². The lowest BCUT2D eigenvalue weighted by atomic mass is 10.3. The van der Waals surface area contributed by atoms with E-state index in [1.807, 2.05) is 0 Å². The van der Waals surface area contributed by atoms with Gasteiger partial charge >= 0.3 is 0 Å². The number of aryl methyl sites for hydroxylation is 1. The number of amides is 2. The Labute approximate surface area is 153 Å². The molecule has 0 aliphatic carbocycles. The molecule has 4 heterocycles. The molecule has 9 heteroatoms. The number of rotatable bonds is 5. The van der Waals surface area contributed by atoms with Gasteiger partial charge in [-0.2, -0.15) is 0 Å². The van der Waals surface area contributed by atoms with Gasteiger partial charge in [0.1, 0.15) is 11.5 Å². The van der Waals surface area contributed by atoms with Gasteiger partial charge in [0.25, 0.3) is 11.8 Å². The second kappa shape index (κ2) is 6.79. The first-order valence-corrected chi connectivity index (χ1v) is 8.14. The smallest absolute Gasteiger partial charge is 0.293 e. The average Bonchev–Trinajstić information content (AvgIpc) is 3.39. The number of nitrogens with zero attached hydrogens (tertiary/aromatic N) is 3. The van der Waals surface area contributed by atoms with Crippen LogP contribution in [-0.2, 0) is 6.54 Å². The molecule has 0 unspecified atom stereocenters. The summed E-state index contributed by atoms with van der Waals surface area (Å²) in [5.74, 6) is 0.604. The highest BCUT2D eigenvalue weighted by atomic mass is 16.5. The molecular formula is C18H15N5O4. The molecule has 0 aliphatic rings. The van der Waals surface area contributed by atoms with Crippen molar-refractivity contribution >= 4 is 23.1 Å². The van der Waals surface area contributed by atoms with Gasteiger partial charge in [-0.3, -0.25) is 14.0 Å². The van der Waals surface area contributed by atoms with E-state index >= 15 is 0 Å². The van der Waals surface area contributed by atoms with Crippen molar-refractivity contribution in [3.63, 3.8) is 0 Å².